The van der Waals surface area contributed by atoms with Crippen LogP contribution >= 0.6 is 11.3 Å². The average Bonchev–Trinajstić information content (AvgIpc) is 3.24. The third-order valence-corrected chi connectivity index (χ3v) is 4.12. The molecule has 0 bridgehead atoms. The third-order valence-electron chi connectivity index (χ3n) is 3.09. The van der Waals surface area contributed by atoms with Gasteiger partial charge in [-0.3, -0.25) is 0 Å². The lowest BCUT2D eigenvalue weighted by atomic mass is 10.2. The van der Waals surface area contributed by atoms with Crippen molar-refractivity contribution < 1.29 is 14.6 Å². The van der Waals surface area contributed by atoms with Gasteiger partial charge in [-0.25, -0.2) is 9.78 Å². The van der Waals surface area contributed by atoms with E-state index in [9.17, 15) is 4.79 Å². The van der Waals surface area contributed by atoms with Crippen LogP contribution in [0.5, 0.6) is 5.75 Å². The van der Waals surface area contributed by atoms with Crippen molar-refractivity contribution in [2.45, 2.75) is 13.8 Å². The first-order valence-electron chi connectivity index (χ1n) is 7.24. The fourth-order valence-electron chi connectivity index (χ4n) is 1.99. The maximum absolute atomic E-state index is 11.0. The van der Waals surface area contributed by atoms with Crippen molar-refractivity contribution in [1.82, 2.24) is 25.2 Å². The average molecular weight is 345 g/mol. The minimum atomic E-state index is -0.990. The molecule has 0 spiro atoms. The van der Waals surface area contributed by atoms with Crippen molar-refractivity contribution in [3.63, 3.8) is 0 Å². The number of benzene rings is 1. The molecule has 3 rings (SSSR count). The summed E-state index contributed by atoms with van der Waals surface area (Å²) in [6.45, 7) is 4.69. The number of nitrogens with zero attached hydrogens (tertiary/aromatic N) is 5. The minimum Gasteiger partial charge on any atom is -0.491 e. The van der Waals surface area contributed by atoms with Crippen molar-refractivity contribution in [3.8, 4) is 22.0 Å². The Balaban J connectivity index is 2.00. The monoisotopic (exact) mass is 345 g/mol. The van der Waals surface area contributed by atoms with Crippen molar-refractivity contribution in [3.05, 3.63) is 35.6 Å². The highest BCUT2D eigenvalue weighted by Crippen LogP contribution is 2.31. The maximum atomic E-state index is 11.0. The van der Waals surface area contributed by atoms with Gasteiger partial charge in [0.25, 0.3) is 0 Å². The highest BCUT2D eigenvalue weighted by Gasteiger charge is 2.14. The Bertz CT molecular complexity index is 845. The van der Waals surface area contributed by atoms with Crippen LogP contribution in [0.2, 0.25) is 0 Å². The van der Waals surface area contributed by atoms with E-state index in [-0.39, 0.29) is 4.88 Å². The van der Waals surface area contributed by atoms with Gasteiger partial charge in [0.1, 0.15) is 27.6 Å². The summed E-state index contributed by atoms with van der Waals surface area (Å²) in [4.78, 5) is 15.4. The van der Waals surface area contributed by atoms with Gasteiger partial charge in [0.15, 0.2) is 0 Å². The van der Waals surface area contributed by atoms with Crippen LogP contribution in [0.3, 0.4) is 0 Å². The third kappa shape index (κ3) is 3.40. The zero-order chi connectivity index (χ0) is 17.1. The minimum absolute atomic E-state index is 0.189. The number of carboxylic acid groups (broad SMARTS) is 1. The molecule has 0 amide bonds. The van der Waals surface area contributed by atoms with E-state index < -0.39 is 5.97 Å². The molecule has 3 aromatic rings. The van der Waals surface area contributed by atoms with Gasteiger partial charge in [0.05, 0.1) is 12.8 Å². The summed E-state index contributed by atoms with van der Waals surface area (Å²) in [6, 6.07) is 5.49. The number of hydrogen-bond acceptors (Lipinski definition) is 7. The standard InChI is InChI=1S/C15H15N5O3S/c1-9(2)7-23-12-4-3-10(5-11(12)20-8-17-18-19-20)14-16-6-13(24-14)15(21)22/h3-6,8-9H,7H2,1-2H3,(H,21,22). The maximum Gasteiger partial charge on any atom is 0.347 e. The highest BCUT2D eigenvalue weighted by molar-refractivity contribution is 7.16. The number of carboxylic acids is 1. The number of hydrogen-bond donors (Lipinski definition) is 1. The van der Waals surface area contributed by atoms with Gasteiger partial charge in [0.2, 0.25) is 0 Å². The molecule has 24 heavy (non-hydrogen) atoms. The number of rotatable bonds is 6. The zero-order valence-electron chi connectivity index (χ0n) is 13.1. The molecular weight excluding hydrogens is 330 g/mol. The first-order chi connectivity index (χ1) is 11.5. The van der Waals surface area contributed by atoms with E-state index in [1.54, 1.807) is 0 Å². The number of tetrazole rings is 1. The molecule has 9 heteroatoms. The Morgan fingerprint density at radius 2 is 2.25 bits per heavy atom. The van der Waals surface area contributed by atoms with Gasteiger partial charge in [-0.05, 0) is 34.5 Å². The van der Waals surface area contributed by atoms with Crippen LogP contribution in [0.15, 0.2) is 30.7 Å². The van der Waals surface area contributed by atoms with Crippen LogP contribution in [0.4, 0.5) is 0 Å². The van der Waals surface area contributed by atoms with Crippen LogP contribution < -0.4 is 4.74 Å². The molecule has 0 fully saturated rings. The van der Waals surface area contributed by atoms with Crippen molar-refractivity contribution in [1.29, 1.82) is 0 Å². The fraction of sp³-hybridized carbons (Fsp3) is 0.267. The molecule has 0 aliphatic carbocycles. The van der Waals surface area contributed by atoms with Gasteiger partial charge >= 0.3 is 5.97 Å². The highest BCUT2D eigenvalue weighted by atomic mass is 32.1. The summed E-state index contributed by atoms with van der Waals surface area (Å²) in [5.74, 6) is 0.0367. The number of thiazole rings is 1. The molecule has 0 atom stereocenters. The van der Waals surface area contributed by atoms with Gasteiger partial charge in [-0.2, -0.15) is 4.68 Å². The topological polar surface area (TPSA) is 103 Å². The predicted octanol–water partition coefficient (Wildman–Crippen LogP) is 2.52. The lowest BCUT2D eigenvalue weighted by Gasteiger charge is -2.13. The number of aromatic carboxylic acids is 1. The van der Waals surface area contributed by atoms with Crippen LogP contribution in [-0.4, -0.2) is 42.9 Å². The molecule has 124 valence electrons. The first kappa shape index (κ1) is 16.1. The van der Waals surface area contributed by atoms with E-state index in [2.05, 4.69) is 34.4 Å². The summed E-state index contributed by atoms with van der Waals surface area (Å²) in [6.07, 6.45) is 2.83. The molecule has 0 saturated carbocycles. The SMILES string of the molecule is CC(C)COc1ccc(-c2ncc(C(=O)O)s2)cc1-n1cnnn1. The molecule has 0 unspecified atom stereocenters. The van der Waals surface area contributed by atoms with E-state index in [0.717, 1.165) is 16.9 Å². The molecule has 0 radical (unpaired) electrons. The molecule has 2 heterocycles. The predicted molar refractivity (Wildman–Crippen MR) is 87.6 cm³/mol. The quantitative estimate of drug-likeness (QED) is 0.732. The van der Waals surface area contributed by atoms with Gasteiger partial charge in [-0.15, -0.1) is 16.4 Å². The smallest absolute Gasteiger partial charge is 0.347 e. The summed E-state index contributed by atoms with van der Waals surface area (Å²) in [5, 5.41) is 20.9. The van der Waals surface area contributed by atoms with Gasteiger partial charge in [-0.1, -0.05) is 13.8 Å². The molecule has 2 aromatic heterocycles. The normalized spacial score (nSPS) is 11.0. The number of ether oxygens (including phenoxy) is 1. The second-order valence-corrected chi connectivity index (χ2v) is 6.51. The van der Waals surface area contributed by atoms with Crippen LogP contribution in [0.25, 0.3) is 16.3 Å². The number of carbonyl (C=O) groups is 1. The van der Waals surface area contributed by atoms with Crippen molar-refractivity contribution in [2.75, 3.05) is 6.61 Å². The summed E-state index contributed by atoms with van der Waals surface area (Å²) < 4.78 is 7.33. The molecule has 1 aromatic carbocycles. The fourth-order valence-corrected chi connectivity index (χ4v) is 2.74. The Kier molecular flexibility index (Phi) is 4.52. The largest absolute Gasteiger partial charge is 0.491 e. The van der Waals surface area contributed by atoms with Crippen molar-refractivity contribution in [2.24, 2.45) is 5.92 Å². The molecule has 1 N–H and O–H groups in total. The lowest BCUT2D eigenvalue weighted by Crippen LogP contribution is -2.07. The first-order valence-corrected chi connectivity index (χ1v) is 8.06. The molecule has 0 saturated heterocycles. The van der Waals surface area contributed by atoms with Crippen LogP contribution in [0.1, 0.15) is 23.5 Å². The van der Waals surface area contributed by atoms with E-state index in [1.165, 1.54) is 17.2 Å². The van der Waals surface area contributed by atoms with Crippen molar-refractivity contribution >= 4 is 17.3 Å². The molecule has 8 nitrogen and oxygen atoms in total. The summed E-state index contributed by atoms with van der Waals surface area (Å²) in [5.41, 5.74) is 1.44. The van der Waals surface area contributed by atoms with Crippen LogP contribution in [0, 0.1) is 5.92 Å². The Morgan fingerprint density at radius 3 is 2.88 bits per heavy atom. The molecular formula is C15H15N5O3S. The van der Waals surface area contributed by atoms with E-state index >= 15 is 0 Å². The van der Waals surface area contributed by atoms with Crippen LogP contribution in [-0.2, 0) is 0 Å². The Morgan fingerprint density at radius 1 is 1.42 bits per heavy atom. The molecule has 0 aliphatic heterocycles. The Hall–Kier alpha value is -2.81. The second-order valence-electron chi connectivity index (χ2n) is 5.48. The van der Waals surface area contributed by atoms with Gasteiger partial charge in [0, 0.05) is 5.56 Å². The Labute approximate surface area is 141 Å². The van der Waals surface area contributed by atoms with Gasteiger partial charge < -0.3 is 9.84 Å². The molecule has 0 aliphatic rings. The van der Waals surface area contributed by atoms with E-state index in [0.29, 0.717) is 29.0 Å². The summed E-state index contributed by atoms with van der Waals surface area (Å²) in [7, 11) is 0. The van der Waals surface area contributed by atoms with E-state index in [4.69, 9.17) is 9.84 Å². The lowest BCUT2D eigenvalue weighted by molar-refractivity contribution is 0.0702. The second kappa shape index (κ2) is 6.75. The zero-order valence-corrected chi connectivity index (χ0v) is 13.9. The van der Waals surface area contributed by atoms with E-state index in [1.807, 2.05) is 18.2 Å². The number of aromatic nitrogens is 5. The summed E-state index contributed by atoms with van der Waals surface area (Å²) >= 11 is 1.11.